The lowest BCUT2D eigenvalue weighted by atomic mass is 9.82. The normalized spacial score (nSPS) is 20.5. The molecule has 8 heteroatoms. The van der Waals surface area contributed by atoms with Crippen LogP contribution in [0.3, 0.4) is 0 Å². The van der Waals surface area contributed by atoms with E-state index in [1.165, 1.54) is 11.8 Å². The van der Waals surface area contributed by atoms with Crippen molar-refractivity contribution in [1.82, 2.24) is 15.8 Å². The summed E-state index contributed by atoms with van der Waals surface area (Å²) in [7, 11) is 0. The SMILES string of the molecule is C[C@@H](Sc1ccc(Cl)cc1)C(=O)NN1C(=O)NC2(CCCCC2)C1=O. The number of carbonyl (C=O) groups is 3. The predicted octanol–water partition coefficient (Wildman–Crippen LogP) is 3.11. The van der Waals surface area contributed by atoms with E-state index in [9.17, 15) is 14.4 Å². The molecule has 1 atom stereocenters. The van der Waals surface area contributed by atoms with Gasteiger partial charge in [-0.3, -0.25) is 15.0 Å². The average molecular weight is 382 g/mol. The molecule has 1 aliphatic carbocycles. The molecule has 4 amide bonds. The second kappa shape index (κ2) is 7.25. The molecule has 1 spiro atoms. The summed E-state index contributed by atoms with van der Waals surface area (Å²) in [5.74, 6) is -0.745. The predicted molar refractivity (Wildman–Crippen MR) is 96.1 cm³/mol. The molecule has 1 aliphatic heterocycles. The summed E-state index contributed by atoms with van der Waals surface area (Å²) in [4.78, 5) is 38.1. The molecular weight excluding hydrogens is 362 g/mol. The van der Waals surface area contributed by atoms with Crippen molar-refractivity contribution in [3.63, 3.8) is 0 Å². The summed E-state index contributed by atoms with van der Waals surface area (Å²) in [5, 5.41) is 3.77. The average Bonchev–Trinajstić information content (AvgIpc) is 2.81. The number of hydrogen-bond donors (Lipinski definition) is 2. The maximum atomic E-state index is 12.7. The molecule has 2 fully saturated rings. The number of rotatable bonds is 4. The molecule has 2 aliphatic rings. The second-order valence-corrected chi connectivity index (χ2v) is 8.25. The van der Waals surface area contributed by atoms with Gasteiger partial charge in [-0.05, 0) is 44.0 Å². The molecule has 1 aromatic rings. The van der Waals surface area contributed by atoms with Gasteiger partial charge in [-0.1, -0.05) is 30.9 Å². The minimum Gasteiger partial charge on any atom is -0.322 e. The molecule has 6 nitrogen and oxygen atoms in total. The first-order chi connectivity index (χ1) is 11.9. The maximum Gasteiger partial charge on any atom is 0.344 e. The zero-order valence-corrected chi connectivity index (χ0v) is 15.5. The number of carbonyl (C=O) groups excluding carboxylic acids is 3. The smallest absolute Gasteiger partial charge is 0.322 e. The van der Waals surface area contributed by atoms with Crippen molar-refractivity contribution < 1.29 is 14.4 Å². The number of hydrazine groups is 1. The minimum atomic E-state index is -0.838. The van der Waals surface area contributed by atoms with Crippen LogP contribution in [0, 0.1) is 0 Å². The number of nitrogens with zero attached hydrogens (tertiary/aromatic N) is 1. The number of thioether (sulfide) groups is 1. The van der Waals surface area contributed by atoms with Gasteiger partial charge in [-0.15, -0.1) is 11.8 Å². The summed E-state index contributed by atoms with van der Waals surface area (Å²) in [6.07, 6.45) is 4.11. The third-order valence-corrected chi connectivity index (χ3v) is 5.95. The Labute approximate surface area is 155 Å². The van der Waals surface area contributed by atoms with Gasteiger partial charge in [0.2, 0.25) is 0 Å². The van der Waals surface area contributed by atoms with Gasteiger partial charge in [0.25, 0.3) is 11.8 Å². The van der Waals surface area contributed by atoms with E-state index in [1.807, 2.05) is 12.1 Å². The molecule has 1 heterocycles. The first kappa shape index (κ1) is 18.1. The van der Waals surface area contributed by atoms with Crippen LogP contribution in [0.15, 0.2) is 29.2 Å². The highest BCUT2D eigenvalue weighted by atomic mass is 35.5. The summed E-state index contributed by atoms with van der Waals surface area (Å²) in [6, 6.07) is 6.59. The number of hydrogen-bond acceptors (Lipinski definition) is 4. The lowest BCUT2D eigenvalue weighted by Crippen LogP contribution is -2.52. The fourth-order valence-electron chi connectivity index (χ4n) is 3.19. The summed E-state index contributed by atoms with van der Waals surface area (Å²) < 4.78 is 0. The fourth-order valence-corrected chi connectivity index (χ4v) is 4.18. The largest absolute Gasteiger partial charge is 0.344 e. The molecule has 0 bridgehead atoms. The van der Waals surface area contributed by atoms with E-state index in [0.717, 1.165) is 29.2 Å². The molecular formula is C17H20ClN3O3S. The first-order valence-electron chi connectivity index (χ1n) is 8.31. The van der Waals surface area contributed by atoms with Crippen LogP contribution >= 0.6 is 23.4 Å². The third kappa shape index (κ3) is 3.77. The van der Waals surface area contributed by atoms with Crippen molar-refractivity contribution in [2.75, 3.05) is 0 Å². The molecule has 3 rings (SSSR count). The van der Waals surface area contributed by atoms with Crippen molar-refractivity contribution in [2.45, 2.75) is 54.7 Å². The van der Waals surface area contributed by atoms with Crippen LogP contribution in [0.25, 0.3) is 0 Å². The molecule has 1 aromatic carbocycles. The molecule has 1 saturated heterocycles. The van der Waals surface area contributed by atoms with Gasteiger partial charge in [0.1, 0.15) is 5.54 Å². The first-order valence-corrected chi connectivity index (χ1v) is 9.56. The second-order valence-electron chi connectivity index (χ2n) is 6.40. The molecule has 2 N–H and O–H groups in total. The van der Waals surface area contributed by atoms with Crippen LogP contribution in [-0.2, 0) is 9.59 Å². The Morgan fingerprint density at radius 1 is 1.24 bits per heavy atom. The molecule has 134 valence electrons. The van der Waals surface area contributed by atoms with E-state index in [-0.39, 0.29) is 5.91 Å². The highest BCUT2D eigenvalue weighted by Crippen LogP contribution is 2.33. The number of amides is 4. The third-order valence-electron chi connectivity index (χ3n) is 4.59. The topological polar surface area (TPSA) is 78.5 Å². The van der Waals surface area contributed by atoms with Crippen LogP contribution in [0.4, 0.5) is 4.79 Å². The van der Waals surface area contributed by atoms with Crippen molar-refractivity contribution in [2.24, 2.45) is 0 Å². The highest BCUT2D eigenvalue weighted by Gasteiger charge is 2.52. The van der Waals surface area contributed by atoms with Crippen LogP contribution in [-0.4, -0.2) is 33.6 Å². The van der Waals surface area contributed by atoms with E-state index < -0.39 is 22.7 Å². The maximum absolute atomic E-state index is 12.7. The molecule has 0 unspecified atom stereocenters. The van der Waals surface area contributed by atoms with E-state index in [0.29, 0.717) is 17.9 Å². The Balaban J connectivity index is 1.62. The highest BCUT2D eigenvalue weighted by molar-refractivity contribution is 8.00. The van der Waals surface area contributed by atoms with Crippen LogP contribution in [0.1, 0.15) is 39.0 Å². The van der Waals surface area contributed by atoms with E-state index >= 15 is 0 Å². The van der Waals surface area contributed by atoms with E-state index in [4.69, 9.17) is 11.6 Å². The van der Waals surface area contributed by atoms with Crippen molar-refractivity contribution in [3.8, 4) is 0 Å². The van der Waals surface area contributed by atoms with Gasteiger partial charge in [-0.2, -0.15) is 5.01 Å². The summed E-state index contributed by atoms with van der Waals surface area (Å²) >= 11 is 7.18. The Kier molecular flexibility index (Phi) is 5.24. The summed E-state index contributed by atoms with van der Waals surface area (Å²) in [6.45, 7) is 1.73. The van der Waals surface area contributed by atoms with Crippen LogP contribution < -0.4 is 10.7 Å². The van der Waals surface area contributed by atoms with Crippen LogP contribution in [0.5, 0.6) is 0 Å². The summed E-state index contributed by atoms with van der Waals surface area (Å²) in [5.41, 5.74) is 1.63. The van der Waals surface area contributed by atoms with Gasteiger partial charge in [0.15, 0.2) is 0 Å². The van der Waals surface area contributed by atoms with E-state index in [2.05, 4.69) is 10.7 Å². The zero-order valence-electron chi connectivity index (χ0n) is 13.9. The van der Waals surface area contributed by atoms with Gasteiger partial charge in [0, 0.05) is 9.92 Å². The lowest BCUT2D eigenvalue weighted by molar-refractivity contribution is -0.139. The van der Waals surface area contributed by atoms with Gasteiger partial charge >= 0.3 is 6.03 Å². The van der Waals surface area contributed by atoms with Crippen LogP contribution in [0.2, 0.25) is 5.02 Å². The van der Waals surface area contributed by atoms with Crippen molar-refractivity contribution in [3.05, 3.63) is 29.3 Å². The Hall–Kier alpha value is -1.73. The standard InChI is InChI=1S/C17H20ClN3O3S/c1-11(25-13-7-5-12(18)6-8-13)14(22)20-21-15(23)17(19-16(21)24)9-3-2-4-10-17/h5-8,11H,2-4,9-10H2,1H3,(H,19,24)(H,20,22)/t11-/m1/s1. The Morgan fingerprint density at radius 3 is 2.52 bits per heavy atom. The lowest BCUT2D eigenvalue weighted by Gasteiger charge is -2.30. The molecule has 0 aromatic heterocycles. The van der Waals surface area contributed by atoms with Gasteiger partial charge in [-0.25, -0.2) is 4.79 Å². The number of benzene rings is 1. The molecule has 25 heavy (non-hydrogen) atoms. The van der Waals surface area contributed by atoms with E-state index in [1.54, 1.807) is 19.1 Å². The minimum absolute atomic E-state index is 0.353. The number of imide groups is 1. The van der Waals surface area contributed by atoms with Crippen molar-refractivity contribution >= 4 is 41.2 Å². The Bertz CT molecular complexity index is 689. The number of urea groups is 1. The molecule has 0 radical (unpaired) electrons. The van der Waals surface area contributed by atoms with Crippen molar-refractivity contribution in [1.29, 1.82) is 0 Å². The molecule has 1 saturated carbocycles. The fraction of sp³-hybridized carbons (Fsp3) is 0.471. The van der Waals surface area contributed by atoms with Gasteiger partial charge < -0.3 is 5.32 Å². The number of halogens is 1. The quantitative estimate of drug-likeness (QED) is 0.620. The zero-order chi connectivity index (χ0) is 18.0. The number of nitrogens with one attached hydrogen (secondary N) is 2. The Morgan fingerprint density at radius 2 is 1.88 bits per heavy atom. The monoisotopic (exact) mass is 381 g/mol. The van der Waals surface area contributed by atoms with Gasteiger partial charge in [0.05, 0.1) is 5.25 Å².